The fraction of sp³-hybridized carbons (Fsp3) is 0.417. The van der Waals surface area contributed by atoms with Gasteiger partial charge in [-0.2, -0.15) is 5.26 Å². The molecule has 0 saturated carbocycles. The Morgan fingerprint density at radius 1 is 1.33 bits per heavy atom. The summed E-state index contributed by atoms with van der Waals surface area (Å²) in [7, 11) is 0. The maximum absolute atomic E-state index is 11.9. The van der Waals surface area contributed by atoms with Crippen LogP contribution >= 0.6 is 0 Å². The van der Waals surface area contributed by atoms with Gasteiger partial charge in [-0.3, -0.25) is 0 Å². The molecule has 1 aromatic rings. The molecule has 0 aromatic heterocycles. The van der Waals surface area contributed by atoms with Gasteiger partial charge in [-0.05, 0) is 24.6 Å². The van der Waals surface area contributed by atoms with Crippen LogP contribution in [0.2, 0.25) is 0 Å². The van der Waals surface area contributed by atoms with Gasteiger partial charge < -0.3 is 10.1 Å². The highest BCUT2D eigenvalue weighted by Gasteiger charge is 2.30. The predicted molar refractivity (Wildman–Crippen MR) is 59.6 cm³/mol. The van der Waals surface area contributed by atoms with E-state index in [1.54, 1.807) is 19.1 Å². The molecule has 0 aliphatic heterocycles. The van der Waals surface area contributed by atoms with Crippen LogP contribution in [0, 0.1) is 17.2 Å². The minimum atomic E-state index is -4.66. The maximum Gasteiger partial charge on any atom is 0.573 e. The molecule has 1 unspecified atom stereocenters. The first-order chi connectivity index (χ1) is 8.40. The Kier molecular flexibility index (Phi) is 4.98. The average molecular weight is 258 g/mol. The molecule has 1 N–H and O–H groups in total. The minimum Gasteiger partial charge on any atom is -0.406 e. The second-order valence-electron chi connectivity index (χ2n) is 3.85. The van der Waals surface area contributed by atoms with Crippen LogP contribution < -0.4 is 10.1 Å². The molecule has 0 aliphatic carbocycles. The lowest BCUT2D eigenvalue weighted by atomic mass is 10.2. The molecular weight excluding hydrogens is 245 g/mol. The van der Waals surface area contributed by atoms with Crippen molar-refractivity contribution in [2.45, 2.75) is 19.8 Å². The summed E-state index contributed by atoms with van der Waals surface area (Å²) in [6.07, 6.45) is -4.66. The van der Waals surface area contributed by atoms with Gasteiger partial charge in [0, 0.05) is 13.1 Å². The van der Waals surface area contributed by atoms with Crippen molar-refractivity contribution in [1.29, 1.82) is 5.26 Å². The number of benzene rings is 1. The number of ether oxygens (including phenoxy) is 1. The first-order valence-electron chi connectivity index (χ1n) is 5.36. The van der Waals surface area contributed by atoms with Crippen molar-refractivity contribution in [3.63, 3.8) is 0 Å². The predicted octanol–water partition coefficient (Wildman–Crippen LogP) is 2.83. The lowest BCUT2D eigenvalue weighted by Crippen LogP contribution is -2.20. The van der Waals surface area contributed by atoms with Gasteiger partial charge in [0.2, 0.25) is 0 Å². The summed E-state index contributed by atoms with van der Waals surface area (Å²) < 4.78 is 39.5. The van der Waals surface area contributed by atoms with Crippen LogP contribution in [0.25, 0.3) is 0 Å². The van der Waals surface area contributed by atoms with Crippen molar-refractivity contribution >= 4 is 0 Å². The fourth-order valence-electron chi connectivity index (χ4n) is 1.29. The van der Waals surface area contributed by atoms with E-state index in [9.17, 15) is 13.2 Å². The molecule has 0 saturated heterocycles. The molecule has 1 rings (SSSR count). The van der Waals surface area contributed by atoms with Crippen LogP contribution in [-0.4, -0.2) is 12.9 Å². The SMILES string of the molecule is CC(C#N)CNCc1ccc(OC(F)(F)F)cc1. The molecule has 0 amide bonds. The second kappa shape index (κ2) is 6.26. The summed E-state index contributed by atoms with van der Waals surface area (Å²) in [5.74, 6) is -0.338. The Hall–Kier alpha value is -1.74. The number of nitrogens with zero attached hydrogens (tertiary/aromatic N) is 1. The third kappa shape index (κ3) is 5.55. The normalized spacial score (nSPS) is 12.8. The van der Waals surface area contributed by atoms with Gasteiger partial charge in [-0.15, -0.1) is 13.2 Å². The molecule has 18 heavy (non-hydrogen) atoms. The summed E-state index contributed by atoms with van der Waals surface area (Å²) in [4.78, 5) is 0. The molecule has 1 aromatic carbocycles. The number of nitrogens with one attached hydrogen (secondary N) is 1. The summed E-state index contributed by atoms with van der Waals surface area (Å²) >= 11 is 0. The molecule has 1 atom stereocenters. The van der Waals surface area contributed by atoms with E-state index in [4.69, 9.17) is 5.26 Å². The van der Waals surface area contributed by atoms with E-state index < -0.39 is 6.36 Å². The van der Waals surface area contributed by atoms with E-state index in [-0.39, 0.29) is 11.7 Å². The Labute approximate surface area is 103 Å². The van der Waals surface area contributed by atoms with E-state index in [0.717, 1.165) is 5.56 Å². The average Bonchev–Trinajstić information content (AvgIpc) is 2.29. The summed E-state index contributed by atoms with van der Waals surface area (Å²) in [6.45, 7) is 2.82. The van der Waals surface area contributed by atoms with E-state index in [1.807, 2.05) is 0 Å². The zero-order valence-electron chi connectivity index (χ0n) is 9.79. The smallest absolute Gasteiger partial charge is 0.406 e. The van der Waals surface area contributed by atoms with Crippen LogP contribution in [0.15, 0.2) is 24.3 Å². The fourth-order valence-corrected chi connectivity index (χ4v) is 1.29. The van der Waals surface area contributed by atoms with Gasteiger partial charge in [-0.1, -0.05) is 12.1 Å². The minimum absolute atomic E-state index is 0.0992. The zero-order valence-corrected chi connectivity index (χ0v) is 9.79. The van der Waals surface area contributed by atoms with Crippen molar-refractivity contribution in [2.24, 2.45) is 5.92 Å². The van der Waals surface area contributed by atoms with Crippen LogP contribution in [-0.2, 0) is 6.54 Å². The zero-order chi connectivity index (χ0) is 13.6. The molecule has 98 valence electrons. The van der Waals surface area contributed by atoms with Crippen molar-refractivity contribution in [3.05, 3.63) is 29.8 Å². The third-order valence-electron chi connectivity index (χ3n) is 2.16. The van der Waals surface area contributed by atoms with Gasteiger partial charge in [0.25, 0.3) is 0 Å². The highest BCUT2D eigenvalue weighted by atomic mass is 19.4. The Bertz CT molecular complexity index is 409. The van der Waals surface area contributed by atoms with Crippen LogP contribution in [0.4, 0.5) is 13.2 Å². The number of alkyl halides is 3. The van der Waals surface area contributed by atoms with Crippen molar-refractivity contribution in [2.75, 3.05) is 6.54 Å². The number of nitriles is 1. The molecule has 0 heterocycles. The summed E-state index contributed by atoms with van der Waals surface area (Å²) in [5, 5.41) is 11.6. The van der Waals surface area contributed by atoms with E-state index in [0.29, 0.717) is 13.1 Å². The second-order valence-corrected chi connectivity index (χ2v) is 3.85. The van der Waals surface area contributed by atoms with Crippen LogP contribution in [0.1, 0.15) is 12.5 Å². The highest BCUT2D eigenvalue weighted by molar-refractivity contribution is 5.27. The molecule has 0 bridgehead atoms. The molecule has 0 spiro atoms. The number of rotatable bonds is 5. The topological polar surface area (TPSA) is 45.0 Å². The van der Waals surface area contributed by atoms with Crippen molar-refractivity contribution in [3.8, 4) is 11.8 Å². The Morgan fingerprint density at radius 2 is 1.94 bits per heavy atom. The maximum atomic E-state index is 11.9. The molecular formula is C12H13F3N2O. The number of hydrogen-bond donors (Lipinski definition) is 1. The van der Waals surface area contributed by atoms with Crippen LogP contribution in [0.3, 0.4) is 0 Å². The number of hydrogen-bond acceptors (Lipinski definition) is 3. The highest BCUT2D eigenvalue weighted by Crippen LogP contribution is 2.22. The van der Waals surface area contributed by atoms with E-state index in [2.05, 4.69) is 16.1 Å². The molecule has 0 aliphatic rings. The molecule has 0 radical (unpaired) electrons. The number of halogens is 3. The summed E-state index contributed by atoms with van der Waals surface area (Å²) in [6, 6.07) is 7.70. The quantitative estimate of drug-likeness (QED) is 0.883. The van der Waals surface area contributed by atoms with Crippen LogP contribution in [0.5, 0.6) is 5.75 Å². The molecule has 0 fully saturated rings. The first kappa shape index (κ1) is 14.3. The Balaban J connectivity index is 2.44. The molecule has 3 nitrogen and oxygen atoms in total. The van der Waals surface area contributed by atoms with Gasteiger partial charge in [0.1, 0.15) is 5.75 Å². The van der Waals surface area contributed by atoms with Gasteiger partial charge >= 0.3 is 6.36 Å². The van der Waals surface area contributed by atoms with E-state index >= 15 is 0 Å². The van der Waals surface area contributed by atoms with Gasteiger partial charge in [0.05, 0.1) is 12.0 Å². The van der Waals surface area contributed by atoms with E-state index in [1.165, 1.54) is 12.1 Å². The monoisotopic (exact) mass is 258 g/mol. The first-order valence-corrected chi connectivity index (χ1v) is 5.36. The molecule has 6 heteroatoms. The largest absolute Gasteiger partial charge is 0.573 e. The lowest BCUT2D eigenvalue weighted by Gasteiger charge is -2.10. The Morgan fingerprint density at radius 3 is 2.44 bits per heavy atom. The van der Waals surface area contributed by atoms with Gasteiger partial charge in [-0.25, -0.2) is 0 Å². The lowest BCUT2D eigenvalue weighted by molar-refractivity contribution is -0.274. The van der Waals surface area contributed by atoms with Crippen molar-refractivity contribution < 1.29 is 17.9 Å². The van der Waals surface area contributed by atoms with Crippen molar-refractivity contribution in [1.82, 2.24) is 5.32 Å². The van der Waals surface area contributed by atoms with Gasteiger partial charge in [0.15, 0.2) is 0 Å². The third-order valence-corrected chi connectivity index (χ3v) is 2.16. The summed E-state index contributed by atoms with van der Waals surface area (Å²) in [5.41, 5.74) is 0.828. The standard InChI is InChI=1S/C12H13F3N2O/c1-9(6-16)7-17-8-10-2-4-11(5-3-10)18-12(13,14)15/h2-5,9,17H,7-8H2,1H3.